The molecule has 0 aliphatic carbocycles. The van der Waals surface area contributed by atoms with E-state index in [-0.39, 0.29) is 30.2 Å². The molecule has 7 nitrogen and oxygen atoms in total. The zero-order valence-corrected chi connectivity index (χ0v) is 14.7. The van der Waals surface area contributed by atoms with Crippen molar-refractivity contribution >= 4 is 34.9 Å². The fraction of sp³-hybridized carbons (Fsp3) is 0.211. The van der Waals surface area contributed by atoms with Crippen LogP contribution < -0.4 is 15.5 Å². The molecule has 0 bridgehead atoms. The molecular formula is C19H19FN4O3. The van der Waals surface area contributed by atoms with Gasteiger partial charge in [-0.15, -0.1) is 0 Å². The lowest BCUT2D eigenvalue weighted by Crippen LogP contribution is -2.37. The number of urea groups is 1. The summed E-state index contributed by atoms with van der Waals surface area (Å²) in [4.78, 5) is 38.8. The second-order valence-corrected chi connectivity index (χ2v) is 6.14. The summed E-state index contributed by atoms with van der Waals surface area (Å²) in [5.41, 5.74) is 1.68. The molecule has 1 heterocycles. The standard InChI is InChI=1S/C19H19FN4O3/c1-13(25)21-15-3-2-4-16(11-15)22-18(26)12-23-9-10-24(19(23)27)17-7-5-14(20)6-8-17/h2-8,11H,9-10,12H2,1H3,(H,21,25)(H,22,26). The van der Waals surface area contributed by atoms with Gasteiger partial charge in [-0.05, 0) is 42.5 Å². The first-order chi connectivity index (χ1) is 12.9. The molecule has 1 saturated heterocycles. The average molecular weight is 370 g/mol. The number of hydrogen-bond acceptors (Lipinski definition) is 3. The van der Waals surface area contributed by atoms with Crippen LogP contribution >= 0.6 is 0 Å². The average Bonchev–Trinajstić information content (AvgIpc) is 2.96. The normalized spacial score (nSPS) is 13.6. The highest BCUT2D eigenvalue weighted by Crippen LogP contribution is 2.21. The van der Waals surface area contributed by atoms with Crippen LogP contribution in [0.25, 0.3) is 0 Å². The van der Waals surface area contributed by atoms with Gasteiger partial charge in [-0.25, -0.2) is 9.18 Å². The number of nitrogens with one attached hydrogen (secondary N) is 2. The van der Waals surface area contributed by atoms with E-state index in [4.69, 9.17) is 0 Å². The lowest BCUT2D eigenvalue weighted by atomic mass is 10.2. The van der Waals surface area contributed by atoms with Crippen LogP contribution in [0.1, 0.15) is 6.92 Å². The van der Waals surface area contributed by atoms with Gasteiger partial charge in [-0.1, -0.05) is 6.07 Å². The fourth-order valence-electron chi connectivity index (χ4n) is 2.84. The second-order valence-electron chi connectivity index (χ2n) is 6.14. The summed E-state index contributed by atoms with van der Waals surface area (Å²) in [7, 11) is 0. The quantitative estimate of drug-likeness (QED) is 0.849. The van der Waals surface area contributed by atoms with Crippen molar-refractivity contribution < 1.29 is 18.8 Å². The van der Waals surface area contributed by atoms with Crippen LogP contribution in [0.5, 0.6) is 0 Å². The number of benzene rings is 2. The van der Waals surface area contributed by atoms with Crippen LogP contribution in [0.2, 0.25) is 0 Å². The fourth-order valence-corrected chi connectivity index (χ4v) is 2.84. The molecule has 1 aliphatic rings. The Morgan fingerprint density at radius 1 is 1.04 bits per heavy atom. The Kier molecular flexibility index (Phi) is 5.35. The number of hydrogen-bond donors (Lipinski definition) is 2. The van der Waals surface area contributed by atoms with Gasteiger partial charge in [-0.2, -0.15) is 0 Å². The van der Waals surface area contributed by atoms with Gasteiger partial charge in [0.05, 0.1) is 0 Å². The Morgan fingerprint density at radius 3 is 2.37 bits per heavy atom. The molecule has 8 heteroatoms. The van der Waals surface area contributed by atoms with E-state index in [0.29, 0.717) is 30.2 Å². The molecule has 2 aromatic carbocycles. The minimum atomic E-state index is -0.372. The van der Waals surface area contributed by atoms with E-state index in [0.717, 1.165) is 0 Å². The molecule has 3 rings (SSSR count). The van der Waals surface area contributed by atoms with Crippen molar-refractivity contribution in [3.05, 3.63) is 54.3 Å². The number of halogens is 1. The molecule has 1 fully saturated rings. The van der Waals surface area contributed by atoms with E-state index in [1.54, 1.807) is 24.3 Å². The first-order valence-electron chi connectivity index (χ1n) is 8.42. The summed E-state index contributed by atoms with van der Waals surface area (Å²) in [6.07, 6.45) is 0. The first-order valence-corrected chi connectivity index (χ1v) is 8.42. The largest absolute Gasteiger partial charge is 0.326 e. The van der Waals surface area contributed by atoms with Gasteiger partial charge >= 0.3 is 6.03 Å². The third-order valence-electron chi connectivity index (χ3n) is 4.03. The monoisotopic (exact) mass is 370 g/mol. The lowest BCUT2D eigenvalue weighted by Gasteiger charge is -2.18. The topological polar surface area (TPSA) is 81.8 Å². The Bertz CT molecular complexity index is 870. The van der Waals surface area contributed by atoms with Crippen LogP contribution in [-0.2, 0) is 9.59 Å². The number of carbonyl (C=O) groups is 3. The predicted octanol–water partition coefficient (Wildman–Crippen LogP) is 2.66. The number of amides is 4. The summed E-state index contributed by atoms with van der Waals surface area (Å²) in [6.45, 7) is 2.13. The van der Waals surface area contributed by atoms with Crippen molar-refractivity contribution in [3.63, 3.8) is 0 Å². The summed E-state index contributed by atoms with van der Waals surface area (Å²) in [5.74, 6) is -0.922. The summed E-state index contributed by atoms with van der Waals surface area (Å²) >= 11 is 0. The van der Waals surface area contributed by atoms with E-state index >= 15 is 0 Å². The van der Waals surface area contributed by atoms with Crippen LogP contribution in [0, 0.1) is 5.82 Å². The van der Waals surface area contributed by atoms with Crippen molar-refractivity contribution in [2.24, 2.45) is 0 Å². The van der Waals surface area contributed by atoms with E-state index in [2.05, 4.69) is 10.6 Å². The molecule has 27 heavy (non-hydrogen) atoms. The molecule has 140 valence electrons. The Labute approximate surface area is 155 Å². The van der Waals surface area contributed by atoms with Gasteiger partial charge in [-0.3, -0.25) is 14.5 Å². The van der Waals surface area contributed by atoms with Crippen molar-refractivity contribution in [1.29, 1.82) is 0 Å². The van der Waals surface area contributed by atoms with Gasteiger partial charge in [0.25, 0.3) is 0 Å². The third-order valence-corrected chi connectivity index (χ3v) is 4.03. The maximum atomic E-state index is 13.0. The van der Waals surface area contributed by atoms with E-state index in [1.807, 2.05) is 0 Å². The third kappa shape index (κ3) is 4.60. The first kappa shape index (κ1) is 18.4. The maximum absolute atomic E-state index is 13.0. The molecule has 0 aromatic heterocycles. The highest BCUT2D eigenvalue weighted by Gasteiger charge is 2.30. The number of anilines is 3. The van der Waals surface area contributed by atoms with Gasteiger partial charge in [0, 0.05) is 37.1 Å². The molecule has 0 unspecified atom stereocenters. The van der Waals surface area contributed by atoms with Crippen molar-refractivity contribution in [3.8, 4) is 0 Å². The number of carbonyl (C=O) groups excluding carboxylic acids is 3. The van der Waals surface area contributed by atoms with E-state index < -0.39 is 0 Å². The molecule has 2 N–H and O–H groups in total. The van der Waals surface area contributed by atoms with Crippen LogP contribution in [0.4, 0.5) is 26.2 Å². The zero-order chi connectivity index (χ0) is 19.4. The highest BCUT2D eigenvalue weighted by molar-refractivity contribution is 5.99. The Balaban J connectivity index is 1.59. The van der Waals surface area contributed by atoms with Gasteiger partial charge < -0.3 is 15.5 Å². The SMILES string of the molecule is CC(=O)Nc1cccc(NC(=O)CN2CCN(c3ccc(F)cc3)C2=O)c1. The van der Waals surface area contributed by atoms with E-state index in [9.17, 15) is 18.8 Å². The lowest BCUT2D eigenvalue weighted by molar-refractivity contribution is -0.116. The Morgan fingerprint density at radius 2 is 1.70 bits per heavy atom. The molecule has 4 amide bonds. The molecule has 2 aromatic rings. The maximum Gasteiger partial charge on any atom is 0.325 e. The molecular weight excluding hydrogens is 351 g/mol. The molecule has 1 aliphatic heterocycles. The smallest absolute Gasteiger partial charge is 0.325 e. The minimum Gasteiger partial charge on any atom is -0.326 e. The van der Waals surface area contributed by atoms with Crippen molar-refractivity contribution in [2.45, 2.75) is 6.92 Å². The van der Waals surface area contributed by atoms with Gasteiger partial charge in [0.1, 0.15) is 12.4 Å². The van der Waals surface area contributed by atoms with E-state index in [1.165, 1.54) is 41.0 Å². The summed E-state index contributed by atoms with van der Waals surface area (Å²) in [6, 6.07) is 12.1. The van der Waals surface area contributed by atoms with Gasteiger partial charge in [0.2, 0.25) is 11.8 Å². The van der Waals surface area contributed by atoms with Crippen LogP contribution in [0.15, 0.2) is 48.5 Å². The van der Waals surface area contributed by atoms with Crippen molar-refractivity contribution in [2.75, 3.05) is 35.2 Å². The molecule has 0 atom stereocenters. The van der Waals surface area contributed by atoms with Crippen LogP contribution in [0.3, 0.4) is 0 Å². The second kappa shape index (κ2) is 7.86. The summed E-state index contributed by atoms with van der Waals surface area (Å²) < 4.78 is 13.0. The number of nitrogens with zero attached hydrogens (tertiary/aromatic N) is 2. The zero-order valence-electron chi connectivity index (χ0n) is 14.7. The molecule has 0 saturated carbocycles. The molecule has 0 spiro atoms. The van der Waals surface area contributed by atoms with Gasteiger partial charge in [0.15, 0.2) is 0 Å². The van der Waals surface area contributed by atoms with Crippen LogP contribution in [-0.4, -0.2) is 42.4 Å². The summed E-state index contributed by atoms with van der Waals surface area (Å²) in [5, 5.41) is 5.35. The van der Waals surface area contributed by atoms with Crippen molar-refractivity contribution in [1.82, 2.24) is 4.90 Å². The molecule has 0 radical (unpaired) electrons. The Hall–Kier alpha value is -3.42. The minimum absolute atomic E-state index is 0.0963. The predicted molar refractivity (Wildman–Crippen MR) is 100 cm³/mol. The highest BCUT2D eigenvalue weighted by atomic mass is 19.1. The number of rotatable bonds is 5.